The summed E-state index contributed by atoms with van der Waals surface area (Å²) in [5, 5.41) is 0.410. The van der Waals surface area contributed by atoms with Crippen LogP contribution in [0.2, 0.25) is 0 Å². The summed E-state index contributed by atoms with van der Waals surface area (Å²) < 4.78 is 24.7. The van der Waals surface area contributed by atoms with E-state index in [2.05, 4.69) is 4.98 Å². The fraction of sp³-hybridized carbons (Fsp3) is 0.238. The number of carbonyl (C=O) groups is 2. The first-order chi connectivity index (χ1) is 14.0. The molecule has 0 N–H and O–H groups in total. The van der Waals surface area contributed by atoms with Crippen LogP contribution in [0.1, 0.15) is 40.3 Å². The van der Waals surface area contributed by atoms with Crippen molar-refractivity contribution in [1.82, 2.24) is 9.55 Å². The number of halogens is 1. The van der Waals surface area contributed by atoms with Crippen LogP contribution in [0.25, 0.3) is 10.8 Å². The van der Waals surface area contributed by atoms with Crippen molar-refractivity contribution in [3.8, 4) is 0 Å². The third-order valence-corrected chi connectivity index (χ3v) is 4.27. The molecular formula is C21H19FN2O5. The predicted octanol–water partition coefficient (Wildman–Crippen LogP) is 2.94. The van der Waals surface area contributed by atoms with Crippen LogP contribution in [0.15, 0.2) is 47.5 Å². The van der Waals surface area contributed by atoms with Crippen molar-refractivity contribution in [2.24, 2.45) is 0 Å². The highest BCUT2D eigenvalue weighted by molar-refractivity contribution is 6.11. The van der Waals surface area contributed by atoms with Gasteiger partial charge in [0.25, 0.3) is 5.56 Å². The smallest absolute Gasteiger partial charge is 0.355 e. The van der Waals surface area contributed by atoms with Crippen molar-refractivity contribution in [3.05, 3.63) is 75.7 Å². The summed E-state index contributed by atoms with van der Waals surface area (Å²) >= 11 is 0. The molecule has 0 aliphatic carbocycles. The SMILES string of the molecule is CCOC(=O)c1c(C(=O)OCC)n(Cc2ccc(F)cc2)c(=O)c2cnccc12. The topological polar surface area (TPSA) is 87.5 Å². The van der Waals surface area contributed by atoms with Crippen molar-refractivity contribution < 1.29 is 23.5 Å². The monoisotopic (exact) mass is 398 g/mol. The second-order valence-corrected chi connectivity index (χ2v) is 6.10. The lowest BCUT2D eigenvalue weighted by molar-refractivity contribution is 0.0469. The molecule has 0 unspecified atom stereocenters. The van der Waals surface area contributed by atoms with Gasteiger partial charge in [-0.05, 0) is 37.6 Å². The highest BCUT2D eigenvalue weighted by Crippen LogP contribution is 2.22. The van der Waals surface area contributed by atoms with Crippen molar-refractivity contribution in [3.63, 3.8) is 0 Å². The van der Waals surface area contributed by atoms with Gasteiger partial charge < -0.3 is 9.47 Å². The summed E-state index contributed by atoms with van der Waals surface area (Å²) in [5.74, 6) is -2.00. The van der Waals surface area contributed by atoms with Gasteiger partial charge in [-0.3, -0.25) is 14.3 Å². The van der Waals surface area contributed by atoms with Crippen LogP contribution in [-0.4, -0.2) is 34.7 Å². The average Bonchev–Trinajstić information content (AvgIpc) is 2.71. The van der Waals surface area contributed by atoms with Crippen LogP contribution in [-0.2, 0) is 16.0 Å². The largest absolute Gasteiger partial charge is 0.462 e. The van der Waals surface area contributed by atoms with Gasteiger partial charge in [-0.1, -0.05) is 12.1 Å². The minimum absolute atomic E-state index is 0.0558. The molecular weight excluding hydrogens is 379 g/mol. The molecule has 0 saturated heterocycles. The van der Waals surface area contributed by atoms with Crippen LogP contribution < -0.4 is 5.56 Å². The van der Waals surface area contributed by atoms with Crippen molar-refractivity contribution >= 4 is 22.7 Å². The Bertz CT molecular complexity index is 1120. The molecule has 7 nitrogen and oxygen atoms in total. The highest BCUT2D eigenvalue weighted by Gasteiger charge is 2.28. The molecule has 0 bridgehead atoms. The Morgan fingerprint density at radius 3 is 2.31 bits per heavy atom. The minimum atomic E-state index is -0.825. The van der Waals surface area contributed by atoms with Gasteiger partial charge in [0, 0.05) is 17.8 Å². The van der Waals surface area contributed by atoms with Gasteiger partial charge >= 0.3 is 11.9 Å². The van der Waals surface area contributed by atoms with E-state index in [1.54, 1.807) is 13.8 Å². The molecule has 0 fully saturated rings. The standard InChI is InChI=1S/C21H19FN2O5/c1-3-28-20(26)17-15-9-10-23-11-16(15)19(25)24(18(17)21(27)29-4-2)12-13-5-7-14(22)8-6-13/h5-11H,3-4,12H2,1-2H3. The zero-order valence-electron chi connectivity index (χ0n) is 16.0. The van der Waals surface area contributed by atoms with Crippen molar-refractivity contribution in [2.45, 2.75) is 20.4 Å². The predicted molar refractivity (Wildman–Crippen MR) is 103 cm³/mol. The summed E-state index contributed by atoms with van der Waals surface area (Å²) in [4.78, 5) is 42.6. The van der Waals surface area contributed by atoms with Gasteiger partial charge in [0.05, 0.1) is 30.7 Å². The van der Waals surface area contributed by atoms with E-state index in [0.717, 1.165) is 4.57 Å². The second kappa shape index (κ2) is 8.64. The maximum Gasteiger partial charge on any atom is 0.355 e. The summed E-state index contributed by atoms with van der Waals surface area (Å²) in [7, 11) is 0. The Kier molecular flexibility index (Phi) is 6.01. The van der Waals surface area contributed by atoms with Crippen LogP contribution in [0, 0.1) is 5.82 Å². The first-order valence-corrected chi connectivity index (χ1v) is 9.07. The molecule has 8 heteroatoms. The zero-order chi connectivity index (χ0) is 21.0. The molecule has 3 rings (SSSR count). The van der Waals surface area contributed by atoms with Gasteiger partial charge in [0.15, 0.2) is 0 Å². The number of esters is 2. The van der Waals surface area contributed by atoms with E-state index in [9.17, 15) is 18.8 Å². The average molecular weight is 398 g/mol. The quantitative estimate of drug-likeness (QED) is 0.594. The third kappa shape index (κ3) is 4.01. The van der Waals surface area contributed by atoms with Crippen LogP contribution in [0.4, 0.5) is 4.39 Å². The highest BCUT2D eigenvalue weighted by atomic mass is 19.1. The molecule has 0 atom stereocenters. The lowest BCUT2D eigenvalue weighted by Crippen LogP contribution is -2.31. The number of hydrogen-bond acceptors (Lipinski definition) is 6. The number of hydrogen-bond donors (Lipinski definition) is 0. The molecule has 0 amide bonds. The Hall–Kier alpha value is -3.55. The molecule has 0 radical (unpaired) electrons. The Morgan fingerprint density at radius 2 is 1.66 bits per heavy atom. The zero-order valence-corrected chi connectivity index (χ0v) is 16.0. The van der Waals surface area contributed by atoms with Crippen LogP contribution >= 0.6 is 0 Å². The molecule has 0 aliphatic heterocycles. The van der Waals surface area contributed by atoms with Crippen molar-refractivity contribution in [2.75, 3.05) is 13.2 Å². The van der Waals surface area contributed by atoms with E-state index in [-0.39, 0.29) is 41.8 Å². The van der Waals surface area contributed by atoms with Gasteiger partial charge in [0.2, 0.25) is 0 Å². The fourth-order valence-corrected chi connectivity index (χ4v) is 3.04. The van der Waals surface area contributed by atoms with E-state index in [1.807, 2.05) is 0 Å². The molecule has 1 aromatic carbocycles. The van der Waals surface area contributed by atoms with Crippen LogP contribution in [0.5, 0.6) is 0 Å². The summed E-state index contributed by atoms with van der Waals surface area (Å²) in [6.07, 6.45) is 2.75. The Balaban J connectivity index is 2.35. The minimum Gasteiger partial charge on any atom is -0.462 e. The number of pyridine rings is 2. The maximum absolute atomic E-state index is 13.3. The normalized spacial score (nSPS) is 10.7. The second-order valence-electron chi connectivity index (χ2n) is 6.10. The molecule has 0 saturated carbocycles. The van der Waals surface area contributed by atoms with Gasteiger partial charge in [-0.2, -0.15) is 0 Å². The number of fused-ring (bicyclic) bond motifs is 1. The van der Waals surface area contributed by atoms with E-state index < -0.39 is 23.3 Å². The first kappa shape index (κ1) is 20.2. The fourth-order valence-electron chi connectivity index (χ4n) is 3.04. The van der Waals surface area contributed by atoms with Gasteiger partial charge in [0.1, 0.15) is 11.5 Å². The summed E-state index contributed by atoms with van der Waals surface area (Å²) in [6.45, 7) is 3.34. The van der Waals surface area contributed by atoms with E-state index in [1.165, 1.54) is 42.7 Å². The molecule has 3 aromatic rings. The lowest BCUT2D eigenvalue weighted by atomic mass is 10.0. The van der Waals surface area contributed by atoms with Gasteiger partial charge in [-0.25, -0.2) is 14.0 Å². The molecule has 2 aromatic heterocycles. The molecule has 0 spiro atoms. The number of benzene rings is 1. The molecule has 0 aliphatic rings. The number of aromatic nitrogens is 2. The number of rotatable bonds is 6. The molecule has 2 heterocycles. The van der Waals surface area contributed by atoms with E-state index in [0.29, 0.717) is 5.56 Å². The molecule has 29 heavy (non-hydrogen) atoms. The number of carbonyl (C=O) groups excluding carboxylic acids is 2. The Morgan fingerprint density at radius 1 is 1.00 bits per heavy atom. The third-order valence-electron chi connectivity index (χ3n) is 4.27. The first-order valence-electron chi connectivity index (χ1n) is 9.07. The Labute approximate surface area is 165 Å². The lowest BCUT2D eigenvalue weighted by Gasteiger charge is -2.18. The summed E-state index contributed by atoms with van der Waals surface area (Å²) in [5.41, 5.74) is -0.228. The summed E-state index contributed by atoms with van der Waals surface area (Å²) in [6, 6.07) is 6.97. The van der Waals surface area contributed by atoms with E-state index >= 15 is 0 Å². The van der Waals surface area contributed by atoms with Crippen LogP contribution in [0.3, 0.4) is 0 Å². The number of nitrogens with zero attached hydrogens (tertiary/aromatic N) is 2. The van der Waals surface area contributed by atoms with Gasteiger partial charge in [-0.15, -0.1) is 0 Å². The molecule has 150 valence electrons. The van der Waals surface area contributed by atoms with Crippen molar-refractivity contribution in [1.29, 1.82) is 0 Å². The number of ether oxygens (including phenoxy) is 2. The maximum atomic E-state index is 13.3. The van der Waals surface area contributed by atoms with E-state index in [4.69, 9.17) is 9.47 Å².